The molecule has 1 fully saturated rings. The number of benzene rings is 3. The number of hydrogen-bond donors (Lipinski definition) is 1. The van der Waals surface area contributed by atoms with Gasteiger partial charge in [0.1, 0.15) is 34.9 Å². The van der Waals surface area contributed by atoms with Crippen molar-refractivity contribution in [3.8, 4) is 17.2 Å². The molecular weight excluding hydrogens is 511 g/mol. The molecule has 10 heteroatoms. The van der Waals surface area contributed by atoms with Crippen LogP contribution in [0.15, 0.2) is 66.2 Å². The number of ether oxygens (including phenoxy) is 3. The predicted molar refractivity (Wildman–Crippen MR) is 142 cm³/mol. The molecule has 1 aromatic heterocycles. The van der Waals surface area contributed by atoms with Crippen LogP contribution in [0.25, 0.3) is 16.0 Å². The summed E-state index contributed by atoms with van der Waals surface area (Å²) >= 11 is 1.06. The third kappa shape index (κ3) is 4.32. The average molecular weight is 535 g/mol. The lowest BCUT2D eigenvalue weighted by atomic mass is 9.94. The first-order chi connectivity index (χ1) is 18.4. The number of carbonyl (C=O) groups is 2. The summed E-state index contributed by atoms with van der Waals surface area (Å²) in [7, 11) is 2.95. The second-order valence-electron chi connectivity index (χ2n) is 8.34. The van der Waals surface area contributed by atoms with E-state index in [4.69, 9.17) is 14.2 Å². The first-order valence-corrected chi connectivity index (χ1v) is 12.5. The van der Waals surface area contributed by atoms with E-state index in [2.05, 4.69) is 4.98 Å². The van der Waals surface area contributed by atoms with Crippen molar-refractivity contribution in [1.82, 2.24) is 4.98 Å². The molecule has 0 aliphatic carbocycles. The van der Waals surface area contributed by atoms with Gasteiger partial charge in [-0.05, 0) is 67.6 Å². The van der Waals surface area contributed by atoms with Crippen LogP contribution in [-0.2, 0) is 9.59 Å². The van der Waals surface area contributed by atoms with Gasteiger partial charge in [-0.3, -0.25) is 14.5 Å². The van der Waals surface area contributed by atoms with Crippen molar-refractivity contribution in [2.24, 2.45) is 0 Å². The molecule has 1 atom stereocenters. The first-order valence-electron chi connectivity index (χ1n) is 11.7. The summed E-state index contributed by atoms with van der Waals surface area (Å²) in [6.45, 7) is 2.32. The molecule has 1 unspecified atom stereocenters. The second kappa shape index (κ2) is 10.1. The molecule has 2 heterocycles. The highest BCUT2D eigenvalue weighted by atomic mass is 32.1. The van der Waals surface area contributed by atoms with Crippen molar-refractivity contribution in [2.75, 3.05) is 25.7 Å². The minimum absolute atomic E-state index is 0.142. The Morgan fingerprint density at radius 3 is 2.45 bits per heavy atom. The molecule has 0 saturated carbocycles. The SMILES string of the molecule is CCOc1ccc(C(O)=C2C(=O)C(=O)N(c3nc4ccc(F)cc4s3)C2c2cc(OC)ccc2OC)cc1. The van der Waals surface area contributed by atoms with Gasteiger partial charge in [0, 0.05) is 11.1 Å². The molecule has 1 aliphatic rings. The fourth-order valence-corrected chi connectivity index (χ4v) is 5.41. The summed E-state index contributed by atoms with van der Waals surface area (Å²) < 4.78 is 30.8. The summed E-state index contributed by atoms with van der Waals surface area (Å²) in [5.74, 6) is -1.17. The van der Waals surface area contributed by atoms with E-state index < -0.39 is 23.5 Å². The topological polar surface area (TPSA) is 98.2 Å². The van der Waals surface area contributed by atoms with Gasteiger partial charge in [0.15, 0.2) is 5.13 Å². The molecular formula is C28H23FN2O6S. The number of Topliss-reactive ketones (excluding diaryl/α,β-unsaturated/α-hetero) is 1. The maximum Gasteiger partial charge on any atom is 0.301 e. The number of methoxy groups -OCH3 is 2. The van der Waals surface area contributed by atoms with E-state index in [1.807, 2.05) is 6.92 Å². The van der Waals surface area contributed by atoms with Crippen molar-refractivity contribution < 1.29 is 33.3 Å². The molecule has 0 bridgehead atoms. The summed E-state index contributed by atoms with van der Waals surface area (Å²) in [5, 5.41) is 11.6. The molecule has 5 rings (SSSR count). The maximum atomic E-state index is 13.9. The lowest BCUT2D eigenvalue weighted by Crippen LogP contribution is -2.29. The van der Waals surface area contributed by atoms with Gasteiger partial charge in [-0.15, -0.1) is 0 Å². The minimum atomic E-state index is -1.10. The van der Waals surface area contributed by atoms with Crippen LogP contribution >= 0.6 is 11.3 Å². The summed E-state index contributed by atoms with van der Waals surface area (Å²) in [5.41, 5.74) is 1.06. The second-order valence-corrected chi connectivity index (χ2v) is 9.35. The number of rotatable bonds is 7. The predicted octanol–water partition coefficient (Wildman–Crippen LogP) is 5.48. The van der Waals surface area contributed by atoms with E-state index in [1.165, 1.54) is 37.3 Å². The van der Waals surface area contributed by atoms with Gasteiger partial charge in [0.25, 0.3) is 5.78 Å². The summed E-state index contributed by atoms with van der Waals surface area (Å²) in [6.07, 6.45) is 0. The highest BCUT2D eigenvalue weighted by Crippen LogP contribution is 2.47. The molecule has 1 N–H and O–H groups in total. The van der Waals surface area contributed by atoms with Gasteiger partial charge in [-0.2, -0.15) is 0 Å². The number of aliphatic hydroxyl groups is 1. The largest absolute Gasteiger partial charge is 0.507 e. The molecule has 3 aromatic carbocycles. The fraction of sp³-hybridized carbons (Fsp3) is 0.179. The van der Waals surface area contributed by atoms with Crippen molar-refractivity contribution in [3.63, 3.8) is 0 Å². The Kier molecular flexibility index (Phi) is 6.73. The fourth-order valence-electron chi connectivity index (χ4n) is 4.40. The van der Waals surface area contributed by atoms with Crippen LogP contribution in [0, 0.1) is 5.82 Å². The third-order valence-corrected chi connectivity index (χ3v) is 7.18. The van der Waals surface area contributed by atoms with Crippen LogP contribution in [0.4, 0.5) is 9.52 Å². The van der Waals surface area contributed by atoms with Crippen molar-refractivity contribution in [2.45, 2.75) is 13.0 Å². The van der Waals surface area contributed by atoms with E-state index in [1.54, 1.807) is 42.5 Å². The lowest BCUT2D eigenvalue weighted by molar-refractivity contribution is -0.132. The Balaban J connectivity index is 1.74. The van der Waals surface area contributed by atoms with Crippen LogP contribution in [0.5, 0.6) is 17.2 Å². The number of thiazole rings is 1. The molecule has 1 saturated heterocycles. The number of halogens is 1. The molecule has 0 spiro atoms. The van der Waals surface area contributed by atoms with Crippen molar-refractivity contribution in [1.29, 1.82) is 0 Å². The number of fused-ring (bicyclic) bond motifs is 1. The van der Waals surface area contributed by atoms with Crippen LogP contribution in [-0.4, -0.2) is 42.6 Å². The minimum Gasteiger partial charge on any atom is -0.507 e. The van der Waals surface area contributed by atoms with Crippen LogP contribution < -0.4 is 19.1 Å². The molecule has 4 aromatic rings. The van der Waals surface area contributed by atoms with E-state index in [9.17, 15) is 19.1 Å². The van der Waals surface area contributed by atoms with Crippen LogP contribution in [0.2, 0.25) is 0 Å². The maximum absolute atomic E-state index is 13.9. The highest BCUT2D eigenvalue weighted by Gasteiger charge is 2.49. The Morgan fingerprint density at radius 1 is 1.03 bits per heavy atom. The zero-order valence-corrected chi connectivity index (χ0v) is 21.5. The van der Waals surface area contributed by atoms with Crippen molar-refractivity contribution >= 4 is 44.1 Å². The number of ketones is 1. The lowest BCUT2D eigenvalue weighted by Gasteiger charge is -2.25. The molecule has 0 radical (unpaired) electrons. The first kappa shape index (κ1) is 25.2. The zero-order valence-electron chi connectivity index (χ0n) is 20.7. The molecule has 8 nitrogen and oxygen atoms in total. The van der Waals surface area contributed by atoms with Gasteiger partial charge >= 0.3 is 5.91 Å². The number of amides is 1. The Bertz CT molecular complexity index is 1580. The Hall–Kier alpha value is -4.44. The number of carbonyl (C=O) groups excluding carboxylic acids is 2. The number of aromatic nitrogens is 1. The summed E-state index contributed by atoms with van der Waals surface area (Å²) in [4.78, 5) is 32.7. The smallest absolute Gasteiger partial charge is 0.301 e. The molecule has 38 heavy (non-hydrogen) atoms. The van der Waals surface area contributed by atoms with Gasteiger partial charge < -0.3 is 19.3 Å². The monoisotopic (exact) mass is 534 g/mol. The number of aliphatic hydroxyl groups excluding tert-OH is 1. The standard InChI is InChI=1S/C28H23FN2O6S/c1-4-37-17-8-5-15(6-9-17)25(32)23-24(19-14-18(35-2)10-12-21(19)36-3)31(27(34)26(23)33)28-30-20-11-7-16(29)13-22(20)38-28/h5-14,24,32H,4H2,1-3H3. The number of nitrogens with zero attached hydrogens (tertiary/aromatic N) is 2. The van der Waals surface area contributed by atoms with Gasteiger partial charge in [-0.1, -0.05) is 11.3 Å². The van der Waals surface area contributed by atoms with E-state index >= 15 is 0 Å². The van der Waals surface area contributed by atoms with Gasteiger partial charge in [0.05, 0.1) is 36.6 Å². The highest BCUT2D eigenvalue weighted by molar-refractivity contribution is 7.22. The molecule has 1 aliphatic heterocycles. The van der Waals surface area contributed by atoms with Crippen LogP contribution in [0.1, 0.15) is 24.1 Å². The Morgan fingerprint density at radius 2 is 1.76 bits per heavy atom. The average Bonchev–Trinajstić information content (AvgIpc) is 3.45. The van der Waals surface area contributed by atoms with Gasteiger partial charge in [0.2, 0.25) is 0 Å². The van der Waals surface area contributed by atoms with E-state index in [-0.39, 0.29) is 16.5 Å². The van der Waals surface area contributed by atoms with E-state index in [0.717, 1.165) is 11.3 Å². The van der Waals surface area contributed by atoms with E-state index in [0.29, 0.717) is 45.2 Å². The van der Waals surface area contributed by atoms with Crippen LogP contribution in [0.3, 0.4) is 0 Å². The summed E-state index contributed by atoms with van der Waals surface area (Å²) in [6, 6.07) is 14.5. The number of anilines is 1. The van der Waals surface area contributed by atoms with Gasteiger partial charge in [-0.25, -0.2) is 9.37 Å². The molecule has 194 valence electrons. The zero-order chi connectivity index (χ0) is 27.0. The number of hydrogen-bond acceptors (Lipinski definition) is 8. The third-order valence-electron chi connectivity index (χ3n) is 6.16. The Labute approximate surface area is 221 Å². The quantitative estimate of drug-likeness (QED) is 0.191. The molecule has 1 amide bonds. The van der Waals surface area contributed by atoms with Crippen molar-refractivity contribution in [3.05, 3.63) is 83.2 Å². The normalized spacial score (nSPS) is 16.7.